The van der Waals surface area contributed by atoms with E-state index in [1.54, 1.807) is 30.3 Å². The van der Waals surface area contributed by atoms with Gasteiger partial charge in [-0.1, -0.05) is 42.5 Å². The average Bonchev–Trinajstić information content (AvgIpc) is 2.66. The molecule has 0 saturated carbocycles. The van der Waals surface area contributed by atoms with Gasteiger partial charge in [0, 0.05) is 6.07 Å². The molecule has 2 amide bonds. The first kappa shape index (κ1) is 20.4. The van der Waals surface area contributed by atoms with E-state index >= 15 is 0 Å². The molecule has 0 bridgehead atoms. The zero-order chi connectivity index (χ0) is 20.5. The lowest BCUT2D eigenvalue weighted by molar-refractivity contribution is -0.385. The molecule has 0 aromatic heterocycles. The first-order chi connectivity index (χ1) is 13.4. The van der Waals surface area contributed by atoms with E-state index in [1.165, 1.54) is 18.2 Å². The van der Waals surface area contributed by atoms with Crippen LogP contribution in [0.4, 0.5) is 10.5 Å². The monoisotopic (exact) mass is 387 g/mol. The number of primary amides is 1. The molecule has 0 spiro atoms. The topological polar surface area (TPSA) is 151 Å². The van der Waals surface area contributed by atoms with Crippen molar-refractivity contribution < 1.29 is 28.8 Å². The van der Waals surface area contributed by atoms with Crippen LogP contribution < -0.4 is 15.8 Å². The molecule has 0 aliphatic heterocycles. The number of hydrogen-bond donors (Lipinski definition) is 2. The van der Waals surface area contributed by atoms with Crippen LogP contribution in [0.5, 0.6) is 5.75 Å². The second-order valence-corrected chi connectivity index (χ2v) is 5.58. The zero-order valence-corrected chi connectivity index (χ0v) is 14.6. The summed E-state index contributed by atoms with van der Waals surface area (Å²) in [4.78, 5) is 45.7. The number of nitrogens with one attached hydrogen (secondary N) is 1. The lowest BCUT2D eigenvalue weighted by Gasteiger charge is -2.16. The van der Waals surface area contributed by atoms with Crippen LogP contribution in [-0.2, 0) is 20.9 Å². The molecule has 0 aliphatic rings. The smallest absolute Gasteiger partial charge is 0.408 e. The van der Waals surface area contributed by atoms with Crippen LogP contribution in [0.25, 0.3) is 0 Å². The highest BCUT2D eigenvalue weighted by molar-refractivity contribution is 5.88. The van der Waals surface area contributed by atoms with Gasteiger partial charge in [0.1, 0.15) is 12.6 Å². The molecule has 2 aromatic rings. The normalized spacial score (nSPS) is 11.1. The van der Waals surface area contributed by atoms with Gasteiger partial charge in [0.15, 0.2) is 0 Å². The van der Waals surface area contributed by atoms with Crippen LogP contribution in [0.15, 0.2) is 54.6 Å². The number of nitrogens with two attached hydrogens (primary N) is 1. The number of benzene rings is 2. The number of esters is 1. The van der Waals surface area contributed by atoms with Crippen LogP contribution >= 0.6 is 0 Å². The Morgan fingerprint density at radius 1 is 1.07 bits per heavy atom. The SMILES string of the molecule is NC(=O)C[C@H](NC(=O)OCc1ccccc1)C(=O)Oc1ccccc1[N+](=O)[O-]. The molecule has 28 heavy (non-hydrogen) atoms. The minimum absolute atomic E-state index is 0.0603. The van der Waals surface area contributed by atoms with E-state index in [9.17, 15) is 24.5 Å². The van der Waals surface area contributed by atoms with Gasteiger partial charge in [-0.3, -0.25) is 14.9 Å². The lowest BCUT2D eigenvalue weighted by Crippen LogP contribution is -2.45. The van der Waals surface area contributed by atoms with Crippen molar-refractivity contribution in [3.8, 4) is 5.75 Å². The fraction of sp³-hybridized carbons (Fsp3) is 0.167. The summed E-state index contributed by atoms with van der Waals surface area (Å²) in [6, 6.07) is 12.5. The number of rotatable bonds is 8. The molecule has 2 rings (SSSR count). The number of carbonyl (C=O) groups excluding carboxylic acids is 3. The van der Waals surface area contributed by atoms with E-state index in [-0.39, 0.29) is 12.4 Å². The maximum absolute atomic E-state index is 12.3. The van der Waals surface area contributed by atoms with Gasteiger partial charge in [-0.2, -0.15) is 0 Å². The lowest BCUT2D eigenvalue weighted by atomic mass is 10.2. The third kappa shape index (κ3) is 6.09. The highest BCUT2D eigenvalue weighted by Gasteiger charge is 2.28. The molecular formula is C18H17N3O7. The van der Waals surface area contributed by atoms with E-state index in [4.69, 9.17) is 15.2 Å². The van der Waals surface area contributed by atoms with Crippen LogP contribution in [0.3, 0.4) is 0 Å². The van der Waals surface area contributed by atoms with Gasteiger partial charge in [0.2, 0.25) is 11.7 Å². The summed E-state index contributed by atoms with van der Waals surface area (Å²) < 4.78 is 9.96. The van der Waals surface area contributed by atoms with Crippen LogP contribution in [0.2, 0.25) is 0 Å². The summed E-state index contributed by atoms with van der Waals surface area (Å²) in [6.45, 7) is -0.0603. The largest absolute Gasteiger partial charge is 0.445 e. The molecule has 10 nitrogen and oxygen atoms in total. The Morgan fingerprint density at radius 3 is 2.36 bits per heavy atom. The fourth-order valence-corrected chi connectivity index (χ4v) is 2.18. The molecule has 10 heteroatoms. The van der Waals surface area contributed by atoms with Crippen molar-refractivity contribution >= 4 is 23.7 Å². The first-order valence-electron chi connectivity index (χ1n) is 8.07. The van der Waals surface area contributed by atoms with Crippen LogP contribution in [-0.4, -0.2) is 28.9 Å². The first-order valence-corrected chi connectivity index (χ1v) is 8.07. The number of hydrogen-bond acceptors (Lipinski definition) is 7. The minimum Gasteiger partial charge on any atom is -0.445 e. The fourth-order valence-electron chi connectivity index (χ4n) is 2.18. The van der Waals surface area contributed by atoms with E-state index in [1.807, 2.05) is 0 Å². The van der Waals surface area contributed by atoms with Crippen molar-refractivity contribution in [3.05, 3.63) is 70.3 Å². The number of para-hydroxylation sites is 2. The van der Waals surface area contributed by atoms with E-state index in [2.05, 4.69) is 5.32 Å². The Kier molecular flexibility index (Phi) is 7.03. The predicted molar refractivity (Wildman–Crippen MR) is 96.1 cm³/mol. The Bertz CT molecular complexity index is 870. The van der Waals surface area contributed by atoms with Gasteiger partial charge in [0.05, 0.1) is 11.3 Å². The Balaban J connectivity index is 2.03. The quantitative estimate of drug-likeness (QED) is 0.302. The summed E-state index contributed by atoms with van der Waals surface area (Å²) in [5, 5.41) is 13.2. The summed E-state index contributed by atoms with van der Waals surface area (Å²) in [7, 11) is 0. The number of nitro groups is 1. The van der Waals surface area contributed by atoms with Gasteiger partial charge in [0.25, 0.3) is 0 Å². The standard InChI is InChI=1S/C18H17N3O7/c19-16(22)10-13(20-18(24)27-11-12-6-2-1-3-7-12)17(23)28-15-9-5-4-8-14(15)21(25)26/h1-9,13H,10-11H2,(H2,19,22)(H,20,24)/t13-/m0/s1. The van der Waals surface area contributed by atoms with Crippen molar-refractivity contribution in [2.45, 2.75) is 19.1 Å². The number of ether oxygens (including phenoxy) is 2. The number of amides is 2. The number of nitro benzene ring substituents is 1. The molecule has 0 saturated heterocycles. The third-order valence-corrected chi connectivity index (χ3v) is 3.47. The highest BCUT2D eigenvalue weighted by Crippen LogP contribution is 2.26. The summed E-state index contributed by atoms with van der Waals surface area (Å²) in [5.74, 6) is -2.30. The molecule has 0 radical (unpaired) electrons. The molecular weight excluding hydrogens is 370 g/mol. The van der Waals surface area contributed by atoms with E-state index in [0.29, 0.717) is 5.56 Å². The number of nitrogens with zero attached hydrogens (tertiary/aromatic N) is 1. The van der Waals surface area contributed by atoms with Crippen LogP contribution in [0.1, 0.15) is 12.0 Å². The maximum atomic E-state index is 12.3. The second kappa shape index (κ2) is 9.67. The van der Waals surface area contributed by atoms with Crippen molar-refractivity contribution in [2.75, 3.05) is 0 Å². The third-order valence-electron chi connectivity index (χ3n) is 3.47. The Hall–Kier alpha value is -3.95. The van der Waals surface area contributed by atoms with Gasteiger partial charge in [-0.15, -0.1) is 0 Å². The van der Waals surface area contributed by atoms with Crippen molar-refractivity contribution in [2.24, 2.45) is 5.73 Å². The minimum atomic E-state index is -1.47. The summed E-state index contributed by atoms with van der Waals surface area (Å²) in [5.41, 5.74) is 5.37. The summed E-state index contributed by atoms with van der Waals surface area (Å²) in [6.07, 6.45) is -1.55. The molecule has 0 unspecified atom stereocenters. The number of alkyl carbamates (subject to hydrolysis) is 1. The highest BCUT2D eigenvalue weighted by atomic mass is 16.6. The van der Waals surface area contributed by atoms with Crippen LogP contribution in [0, 0.1) is 10.1 Å². The second-order valence-electron chi connectivity index (χ2n) is 5.58. The van der Waals surface area contributed by atoms with Gasteiger partial charge in [-0.25, -0.2) is 9.59 Å². The molecule has 146 valence electrons. The maximum Gasteiger partial charge on any atom is 0.408 e. The average molecular weight is 387 g/mol. The number of carbonyl (C=O) groups is 3. The summed E-state index contributed by atoms with van der Waals surface area (Å²) >= 11 is 0. The molecule has 1 atom stereocenters. The molecule has 0 heterocycles. The zero-order valence-electron chi connectivity index (χ0n) is 14.6. The van der Waals surface area contributed by atoms with Crippen molar-refractivity contribution in [3.63, 3.8) is 0 Å². The van der Waals surface area contributed by atoms with Crippen molar-refractivity contribution in [1.29, 1.82) is 0 Å². The molecule has 0 fully saturated rings. The Morgan fingerprint density at radius 2 is 1.71 bits per heavy atom. The Labute approximate surface area is 159 Å². The molecule has 2 aromatic carbocycles. The van der Waals surface area contributed by atoms with Gasteiger partial charge in [-0.05, 0) is 11.6 Å². The van der Waals surface area contributed by atoms with E-state index < -0.39 is 41.0 Å². The van der Waals surface area contributed by atoms with Crippen molar-refractivity contribution in [1.82, 2.24) is 5.32 Å². The molecule has 3 N–H and O–H groups in total. The van der Waals surface area contributed by atoms with E-state index in [0.717, 1.165) is 6.07 Å². The van der Waals surface area contributed by atoms with Gasteiger partial charge >= 0.3 is 17.7 Å². The predicted octanol–water partition coefficient (Wildman–Crippen LogP) is 1.67. The molecule has 0 aliphatic carbocycles. The van der Waals surface area contributed by atoms with Gasteiger partial charge < -0.3 is 20.5 Å².